The first-order valence-corrected chi connectivity index (χ1v) is 9.14. The Labute approximate surface area is 203 Å². The molecule has 0 saturated carbocycles. The van der Waals surface area contributed by atoms with Crippen LogP contribution in [0, 0.1) is 5.82 Å². The number of hydrogen-bond acceptors (Lipinski definition) is 7. The number of nitrogens with zero attached hydrogens (tertiary/aromatic N) is 2. The van der Waals surface area contributed by atoms with Gasteiger partial charge in [0.15, 0.2) is 0 Å². The SMILES string of the molecule is COc1ccc(F)cc1S(=O)(=O)[N-]c1cnc2c(c1)C(=O)N[C@@H](CO)CO2.[K+]. The second-order valence-corrected chi connectivity index (χ2v) is 7.14. The first kappa shape index (κ1) is 23.0. The van der Waals surface area contributed by atoms with Gasteiger partial charge in [-0.3, -0.25) is 4.79 Å². The number of pyridine rings is 1. The van der Waals surface area contributed by atoms with Gasteiger partial charge in [0, 0.05) is 6.20 Å². The Morgan fingerprint density at radius 3 is 2.86 bits per heavy atom. The monoisotopic (exact) mass is 435 g/mol. The smallest absolute Gasteiger partial charge is 0.571 e. The average Bonchev–Trinajstić information content (AvgIpc) is 2.80. The molecule has 2 N–H and O–H groups in total. The van der Waals surface area contributed by atoms with E-state index in [2.05, 4.69) is 15.0 Å². The van der Waals surface area contributed by atoms with Gasteiger partial charge in [0.05, 0.1) is 24.7 Å². The van der Waals surface area contributed by atoms with E-state index >= 15 is 0 Å². The topological polar surface area (TPSA) is 129 Å². The van der Waals surface area contributed by atoms with Crippen LogP contribution in [-0.2, 0) is 10.0 Å². The zero-order chi connectivity index (χ0) is 19.6. The number of carbonyl (C=O) groups excluding carboxylic acids is 1. The van der Waals surface area contributed by atoms with Crippen molar-refractivity contribution in [3.63, 3.8) is 0 Å². The predicted octanol–water partition coefficient (Wildman–Crippen LogP) is -1.89. The molecule has 0 bridgehead atoms. The van der Waals surface area contributed by atoms with E-state index in [9.17, 15) is 17.6 Å². The van der Waals surface area contributed by atoms with Gasteiger partial charge < -0.3 is 24.6 Å². The fourth-order valence-corrected chi connectivity index (χ4v) is 3.53. The van der Waals surface area contributed by atoms with E-state index in [0.29, 0.717) is 0 Å². The Morgan fingerprint density at radius 2 is 2.18 bits per heavy atom. The molecule has 0 unspecified atom stereocenters. The number of sulfonamides is 1. The molecule has 2 aromatic rings. The van der Waals surface area contributed by atoms with Crippen molar-refractivity contribution in [2.45, 2.75) is 10.9 Å². The molecule has 0 saturated heterocycles. The van der Waals surface area contributed by atoms with Crippen LogP contribution >= 0.6 is 0 Å². The van der Waals surface area contributed by atoms with Gasteiger partial charge in [0.2, 0.25) is 5.88 Å². The molecule has 9 nitrogen and oxygen atoms in total. The van der Waals surface area contributed by atoms with Crippen LogP contribution in [0.15, 0.2) is 35.4 Å². The molecular weight excluding hydrogens is 420 g/mol. The minimum Gasteiger partial charge on any atom is -0.571 e. The van der Waals surface area contributed by atoms with Crippen LogP contribution in [0.25, 0.3) is 4.72 Å². The molecule has 1 amide bonds. The molecule has 1 atom stereocenters. The number of aliphatic hydroxyl groups excluding tert-OH is 1. The van der Waals surface area contributed by atoms with Gasteiger partial charge in [-0.15, -0.1) is 5.69 Å². The summed E-state index contributed by atoms with van der Waals surface area (Å²) in [5.74, 6) is -1.45. The minimum absolute atomic E-state index is 0. The first-order chi connectivity index (χ1) is 12.8. The number of halogens is 1. The Hall–Kier alpha value is -1.28. The van der Waals surface area contributed by atoms with E-state index in [0.717, 1.165) is 18.3 Å². The third-order valence-corrected chi connectivity index (χ3v) is 5.01. The fourth-order valence-electron chi connectivity index (χ4n) is 2.39. The third kappa shape index (κ3) is 5.00. The molecule has 28 heavy (non-hydrogen) atoms. The van der Waals surface area contributed by atoms with Crippen LogP contribution in [0.2, 0.25) is 0 Å². The second kappa shape index (κ2) is 9.48. The quantitative estimate of drug-likeness (QED) is 0.526. The number of hydrogen-bond donors (Lipinski definition) is 2. The molecule has 1 aromatic heterocycles. The molecule has 0 spiro atoms. The van der Waals surface area contributed by atoms with Gasteiger partial charge >= 0.3 is 51.4 Å². The number of aromatic nitrogens is 1. The Morgan fingerprint density at radius 1 is 1.43 bits per heavy atom. The van der Waals surface area contributed by atoms with Crippen LogP contribution in [-0.4, -0.2) is 50.8 Å². The summed E-state index contributed by atoms with van der Waals surface area (Å²) in [5.41, 5.74) is -0.185. The minimum atomic E-state index is -4.34. The Kier molecular flexibility index (Phi) is 7.78. The van der Waals surface area contributed by atoms with Crippen molar-refractivity contribution in [3.05, 3.63) is 46.6 Å². The molecule has 1 aliphatic heterocycles. The van der Waals surface area contributed by atoms with Gasteiger partial charge in [0.25, 0.3) is 5.91 Å². The van der Waals surface area contributed by atoms with Gasteiger partial charge in [-0.05, 0) is 18.2 Å². The zero-order valence-corrected chi connectivity index (χ0v) is 19.0. The molecule has 3 rings (SSSR count). The molecule has 144 valence electrons. The summed E-state index contributed by atoms with van der Waals surface area (Å²) in [5, 5.41) is 11.7. The van der Waals surface area contributed by atoms with Gasteiger partial charge in [-0.2, -0.15) is 0 Å². The summed E-state index contributed by atoms with van der Waals surface area (Å²) in [7, 11) is -3.09. The number of rotatable bonds is 5. The number of nitrogens with one attached hydrogen (secondary N) is 1. The Bertz CT molecular complexity index is 988. The van der Waals surface area contributed by atoms with Crippen LogP contribution in [0.1, 0.15) is 10.4 Å². The molecule has 0 radical (unpaired) electrons. The van der Waals surface area contributed by atoms with Crippen LogP contribution in [0.3, 0.4) is 0 Å². The number of aliphatic hydroxyl groups is 1. The maximum Gasteiger partial charge on any atom is 1.00 e. The number of fused-ring (bicyclic) bond motifs is 1. The van der Waals surface area contributed by atoms with E-state index in [1.165, 1.54) is 19.2 Å². The number of benzene rings is 1. The van der Waals surface area contributed by atoms with Gasteiger partial charge in [-0.1, -0.05) is 6.07 Å². The maximum absolute atomic E-state index is 13.5. The van der Waals surface area contributed by atoms with Crippen molar-refractivity contribution in [2.24, 2.45) is 0 Å². The van der Waals surface area contributed by atoms with E-state index in [1.807, 2.05) is 0 Å². The first-order valence-electron chi connectivity index (χ1n) is 7.70. The molecule has 0 fully saturated rings. The normalized spacial score (nSPS) is 16.0. The average molecular weight is 435 g/mol. The van der Waals surface area contributed by atoms with E-state index in [4.69, 9.17) is 14.6 Å². The summed E-state index contributed by atoms with van der Waals surface area (Å²) in [6, 6.07) is 3.58. The summed E-state index contributed by atoms with van der Waals surface area (Å²) < 4.78 is 52.4. The number of carbonyl (C=O) groups is 1. The van der Waals surface area contributed by atoms with Gasteiger partial charge in [-0.25, -0.2) is 17.8 Å². The Balaban J connectivity index is 0.00000280. The number of ether oxygens (including phenoxy) is 2. The van der Waals surface area contributed by atoms with Crippen molar-refractivity contribution in [1.82, 2.24) is 10.3 Å². The standard InChI is InChI=1S/C16H15FN3O6S.K/c1-25-13-3-2-9(17)4-14(13)27(23,24)20-10-5-12-15(22)19-11(7-21)8-26-16(12)18-6-10;/h2-6,11,21H,7-8H2,1H3,(H,19,22);/q-1;+1/t11-;/m0./s1. The zero-order valence-electron chi connectivity index (χ0n) is 15.0. The van der Waals surface area contributed by atoms with Crippen molar-refractivity contribution < 1.29 is 83.6 Å². The molecule has 0 aliphatic carbocycles. The van der Waals surface area contributed by atoms with Crippen molar-refractivity contribution in [3.8, 4) is 11.6 Å². The maximum atomic E-state index is 13.5. The number of methoxy groups -OCH3 is 1. The number of amides is 1. The second-order valence-electron chi connectivity index (χ2n) is 5.57. The summed E-state index contributed by atoms with van der Waals surface area (Å²) in [6.07, 6.45) is 1.11. The van der Waals surface area contributed by atoms with E-state index < -0.39 is 32.7 Å². The van der Waals surface area contributed by atoms with E-state index in [1.54, 1.807) is 0 Å². The molecular formula is C16H15FKN3O6S. The summed E-state index contributed by atoms with van der Waals surface area (Å²) in [4.78, 5) is 15.7. The molecule has 1 aromatic carbocycles. The van der Waals surface area contributed by atoms with Crippen LogP contribution < -0.4 is 66.2 Å². The van der Waals surface area contributed by atoms with Crippen LogP contribution in [0.5, 0.6) is 11.6 Å². The largest absolute Gasteiger partial charge is 1.00 e. The molecule has 1 aliphatic rings. The van der Waals surface area contributed by atoms with E-state index in [-0.39, 0.29) is 87.5 Å². The van der Waals surface area contributed by atoms with Gasteiger partial charge in [0.1, 0.15) is 33.8 Å². The summed E-state index contributed by atoms with van der Waals surface area (Å²) >= 11 is 0. The fraction of sp³-hybridized carbons (Fsp3) is 0.250. The predicted molar refractivity (Wildman–Crippen MR) is 91.2 cm³/mol. The van der Waals surface area contributed by atoms with Crippen LogP contribution in [0.4, 0.5) is 10.1 Å². The van der Waals surface area contributed by atoms with Crippen molar-refractivity contribution >= 4 is 21.6 Å². The molecule has 12 heteroatoms. The third-order valence-electron chi connectivity index (χ3n) is 3.69. The molecule has 2 heterocycles. The summed E-state index contributed by atoms with van der Waals surface area (Å²) in [6.45, 7) is -0.317. The van der Waals surface area contributed by atoms with Crippen molar-refractivity contribution in [2.75, 3.05) is 20.3 Å². The van der Waals surface area contributed by atoms with Crippen molar-refractivity contribution in [1.29, 1.82) is 0 Å².